The largest absolute Gasteiger partial charge is 0.300 e. The summed E-state index contributed by atoms with van der Waals surface area (Å²) in [4.78, 5) is 10.9. The Morgan fingerprint density at radius 2 is 1.82 bits per heavy atom. The van der Waals surface area contributed by atoms with Crippen molar-refractivity contribution in [3.63, 3.8) is 0 Å². The van der Waals surface area contributed by atoms with Crippen LogP contribution in [0.25, 0.3) is 0 Å². The number of carbonyl (C=O) groups excluding carboxylic acids is 1. The minimum atomic E-state index is 0.330. The van der Waals surface area contributed by atoms with Gasteiger partial charge in [-0.05, 0) is 43.9 Å². The van der Waals surface area contributed by atoms with E-state index in [1.807, 2.05) is 0 Å². The third-order valence-corrected chi connectivity index (χ3v) is 5.52. The molecular formula is C21H32O. The minimum absolute atomic E-state index is 0.330. The van der Waals surface area contributed by atoms with Crippen LogP contribution in [0.1, 0.15) is 65.2 Å². The van der Waals surface area contributed by atoms with Gasteiger partial charge in [-0.15, -0.1) is 0 Å². The third-order valence-electron chi connectivity index (χ3n) is 5.52. The smallest absolute Gasteiger partial charge is 0.129 e. The summed E-state index contributed by atoms with van der Waals surface area (Å²) in [7, 11) is 0. The molecule has 1 heteroatoms. The molecule has 22 heavy (non-hydrogen) atoms. The van der Waals surface area contributed by atoms with Crippen molar-refractivity contribution in [2.75, 3.05) is 0 Å². The molecule has 1 nitrogen and oxygen atoms in total. The van der Waals surface area contributed by atoms with Gasteiger partial charge in [-0.25, -0.2) is 0 Å². The summed E-state index contributed by atoms with van der Waals surface area (Å²) in [5.74, 6) is 3.08. The number of rotatable bonds is 8. The summed E-state index contributed by atoms with van der Waals surface area (Å²) >= 11 is 0. The van der Waals surface area contributed by atoms with Gasteiger partial charge in [-0.1, -0.05) is 69.1 Å². The first-order valence-corrected chi connectivity index (χ1v) is 9.12. The van der Waals surface area contributed by atoms with Gasteiger partial charge in [0.25, 0.3) is 0 Å². The van der Waals surface area contributed by atoms with Gasteiger partial charge in [0, 0.05) is 12.3 Å². The van der Waals surface area contributed by atoms with Gasteiger partial charge in [0.2, 0.25) is 0 Å². The fourth-order valence-corrected chi connectivity index (χ4v) is 4.17. The summed E-state index contributed by atoms with van der Waals surface area (Å²) in [6, 6.07) is 0. The molecule has 0 heterocycles. The average Bonchev–Trinajstić information content (AvgIpc) is 2.50. The molecule has 2 aliphatic rings. The van der Waals surface area contributed by atoms with Gasteiger partial charge in [0.1, 0.15) is 5.78 Å². The monoisotopic (exact) mass is 300 g/mol. The predicted octanol–water partition coefficient (Wildman–Crippen LogP) is 5.88. The minimum Gasteiger partial charge on any atom is -0.300 e. The molecule has 2 aliphatic carbocycles. The predicted molar refractivity (Wildman–Crippen MR) is 94.7 cm³/mol. The molecule has 0 aliphatic heterocycles. The van der Waals surface area contributed by atoms with E-state index in [1.54, 1.807) is 6.92 Å². The maximum atomic E-state index is 10.9. The van der Waals surface area contributed by atoms with E-state index in [0.717, 1.165) is 18.8 Å². The SMILES string of the molecule is C=C1C(CCCCCCCC(C)=O)CC(C)C2C=CC=CC12. The molecule has 0 N–H and O–H groups in total. The van der Waals surface area contributed by atoms with E-state index in [9.17, 15) is 4.79 Å². The van der Waals surface area contributed by atoms with Gasteiger partial charge in [0.05, 0.1) is 0 Å². The molecule has 0 aromatic heterocycles. The Morgan fingerprint density at radius 1 is 1.14 bits per heavy atom. The number of allylic oxidation sites excluding steroid dienone is 5. The molecule has 0 aromatic carbocycles. The number of ketones is 1. The number of hydrogen-bond acceptors (Lipinski definition) is 1. The molecule has 122 valence electrons. The Labute approximate surface area is 136 Å². The molecule has 0 saturated heterocycles. The van der Waals surface area contributed by atoms with Crippen molar-refractivity contribution in [2.24, 2.45) is 23.7 Å². The molecule has 4 unspecified atom stereocenters. The topological polar surface area (TPSA) is 17.1 Å². The Bertz CT molecular complexity index is 443. The van der Waals surface area contributed by atoms with Crippen molar-refractivity contribution in [3.05, 3.63) is 36.5 Å². The quantitative estimate of drug-likeness (QED) is 0.404. The summed E-state index contributed by atoms with van der Waals surface area (Å²) in [6.45, 7) is 8.54. The molecule has 0 amide bonds. The second-order valence-corrected chi connectivity index (χ2v) is 7.37. The lowest BCUT2D eigenvalue weighted by Crippen LogP contribution is -2.32. The van der Waals surface area contributed by atoms with Crippen LogP contribution < -0.4 is 0 Å². The van der Waals surface area contributed by atoms with Gasteiger partial charge in [0.15, 0.2) is 0 Å². The fraction of sp³-hybridized carbons (Fsp3) is 0.667. The van der Waals surface area contributed by atoms with Crippen molar-refractivity contribution < 1.29 is 4.79 Å². The van der Waals surface area contributed by atoms with Crippen molar-refractivity contribution in [2.45, 2.75) is 65.2 Å². The van der Waals surface area contributed by atoms with Crippen LogP contribution in [0.5, 0.6) is 0 Å². The zero-order valence-corrected chi connectivity index (χ0v) is 14.4. The Hall–Kier alpha value is -1.11. The number of Topliss-reactive ketones (excluding diaryl/α,β-unsaturated/α-hetero) is 1. The summed E-state index contributed by atoms with van der Waals surface area (Å²) < 4.78 is 0. The maximum absolute atomic E-state index is 10.9. The van der Waals surface area contributed by atoms with Crippen LogP contribution in [-0.2, 0) is 4.79 Å². The van der Waals surface area contributed by atoms with Crippen molar-refractivity contribution in [3.8, 4) is 0 Å². The van der Waals surface area contributed by atoms with Crippen LogP contribution in [-0.4, -0.2) is 5.78 Å². The van der Waals surface area contributed by atoms with Gasteiger partial charge < -0.3 is 4.79 Å². The molecule has 4 atom stereocenters. The number of unbranched alkanes of at least 4 members (excludes halogenated alkanes) is 4. The highest BCUT2D eigenvalue weighted by Gasteiger charge is 2.35. The summed E-state index contributed by atoms with van der Waals surface area (Å²) in [5.41, 5.74) is 1.47. The standard InChI is InChI=1S/C21H32O/c1-16-15-19(12-8-6-4-5-7-11-17(2)22)18(3)21-14-10-9-13-20(16)21/h9-10,13-14,16,19-21H,3-8,11-12,15H2,1-2H3. The van der Waals surface area contributed by atoms with Crippen molar-refractivity contribution >= 4 is 5.78 Å². The Balaban J connectivity index is 1.68. The van der Waals surface area contributed by atoms with Crippen LogP contribution in [0.15, 0.2) is 36.5 Å². The zero-order chi connectivity index (χ0) is 15.9. The second kappa shape index (κ2) is 8.50. The highest BCUT2D eigenvalue weighted by molar-refractivity contribution is 5.75. The van der Waals surface area contributed by atoms with E-state index in [4.69, 9.17) is 0 Å². The Kier molecular flexibility index (Phi) is 6.67. The van der Waals surface area contributed by atoms with Crippen LogP contribution in [0.3, 0.4) is 0 Å². The van der Waals surface area contributed by atoms with E-state index in [2.05, 4.69) is 37.8 Å². The lowest BCUT2D eigenvalue weighted by Gasteiger charge is -2.41. The zero-order valence-electron chi connectivity index (χ0n) is 14.4. The highest BCUT2D eigenvalue weighted by atomic mass is 16.1. The first-order chi connectivity index (χ1) is 10.6. The molecule has 1 fully saturated rings. The van der Waals surface area contributed by atoms with E-state index in [1.165, 1.54) is 44.1 Å². The van der Waals surface area contributed by atoms with Crippen LogP contribution >= 0.6 is 0 Å². The molecule has 0 bridgehead atoms. The lowest BCUT2D eigenvalue weighted by molar-refractivity contribution is -0.117. The van der Waals surface area contributed by atoms with E-state index >= 15 is 0 Å². The third kappa shape index (κ3) is 4.69. The lowest BCUT2D eigenvalue weighted by atomic mass is 9.64. The van der Waals surface area contributed by atoms with Crippen LogP contribution in [0.4, 0.5) is 0 Å². The number of hydrogen-bond donors (Lipinski definition) is 0. The van der Waals surface area contributed by atoms with Crippen LogP contribution in [0.2, 0.25) is 0 Å². The Morgan fingerprint density at radius 3 is 2.59 bits per heavy atom. The van der Waals surface area contributed by atoms with E-state index < -0.39 is 0 Å². The van der Waals surface area contributed by atoms with Gasteiger partial charge in [-0.3, -0.25) is 0 Å². The molecular weight excluding hydrogens is 268 g/mol. The first-order valence-electron chi connectivity index (χ1n) is 9.12. The molecule has 0 radical (unpaired) electrons. The fourth-order valence-electron chi connectivity index (χ4n) is 4.17. The van der Waals surface area contributed by atoms with E-state index in [0.29, 0.717) is 23.5 Å². The number of fused-ring (bicyclic) bond motifs is 1. The summed E-state index contributed by atoms with van der Waals surface area (Å²) in [5, 5.41) is 0. The maximum Gasteiger partial charge on any atom is 0.129 e. The highest BCUT2D eigenvalue weighted by Crippen LogP contribution is 2.45. The average molecular weight is 300 g/mol. The molecule has 2 rings (SSSR count). The summed E-state index contributed by atoms with van der Waals surface area (Å²) in [6.07, 6.45) is 18.7. The normalized spacial score (nSPS) is 30.4. The molecule has 0 aromatic rings. The molecule has 1 saturated carbocycles. The molecule has 0 spiro atoms. The van der Waals surface area contributed by atoms with Gasteiger partial charge in [-0.2, -0.15) is 0 Å². The van der Waals surface area contributed by atoms with Gasteiger partial charge >= 0.3 is 0 Å². The number of carbonyl (C=O) groups is 1. The van der Waals surface area contributed by atoms with Crippen LogP contribution in [0, 0.1) is 23.7 Å². The second-order valence-electron chi connectivity index (χ2n) is 7.37. The van der Waals surface area contributed by atoms with Crippen molar-refractivity contribution in [1.29, 1.82) is 0 Å². The van der Waals surface area contributed by atoms with Crippen molar-refractivity contribution in [1.82, 2.24) is 0 Å². The first kappa shape index (κ1) is 17.2. The van der Waals surface area contributed by atoms with E-state index in [-0.39, 0.29) is 0 Å².